The molecule has 0 atom stereocenters. The number of aromatic nitrogens is 5. The minimum absolute atomic E-state index is 0.111. The Balaban J connectivity index is 1.07. The molecule has 1 amide bonds. The number of nitrogens with one attached hydrogen (secondary N) is 4. The number of carbonyl (C=O) groups excluding carboxylic acids is 1. The highest BCUT2D eigenvalue weighted by Gasteiger charge is 2.14. The molecule has 0 fully saturated rings. The molecule has 3 aromatic carbocycles. The lowest BCUT2D eigenvalue weighted by molar-refractivity contribution is 0.0519. The summed E-state index contributed by atoms with van der Waals surface area (Å²) in [6, 6.07) is 30.2. The van der Waals surface area contributed by atoms with E-state index in [4.69, 9.17) is 9.47 Å². The average molecular weight is 664 g/mol. The molecule has 0 saturated heterocycles. The van der Waals surface area contributed by atoms with Crippen LogP contribution in [0.3, 0.4) is 0 Å². The fourth-order valence-electron chi connectivity index (χ4n) is 5.20. The maximum absolute atomic E-state index is 12.1. The van der Waals surface area contributed by atoms with Crippen molar-refractivity contribution in [3.8, 4) is 0 Å². The zero-order chi connectivity index (χ0) is 33.8. The minimum atomic E-state index is -0.111. The molecule has 5 aromatic rings. The number of aryl methyl sites for hydroxylation is 1. The third kappa shape index (κ3) is 12.3. The molecular weight excluding hydrogens is 618 g/mol. The largest absolute Gasteiger partial charge is 0.377 e. The molecule has 0 bridgehead atoms. The molecule has 4 N–H and O–H groups in total. The van der Waals surface area contributed by atoms with Crippen molar-refractivity contribution in [1.82, 2.24) is 29.8 Å². The van der Waals surface area contributed by atoms with E-state index in [2.05, 4.69) is 89.7 Å². The molecule has 5 rings (SSSR count). The predicted molar refractivity (Wildman–Crippen MR) is 192 cm³/mol. The second kappa shape index (κ2) is 20.1. The molecule has 0 aliphatic heterocycles. The van der Waals surface area contributed by atoms with Crippen LogP contribution in [0, 0.1) is 0 Å². The van der Waals surface area contributed by atoms with Crippen molar-refractivity contribution >= 4 is 23.8 Å². The van der Waals surface area contributed by atoms with Crippen molar-refractivity contribution in [1.29, 1.82) is 0 Å². The normalized spacial score (nSPS) is 11.0. The Labute approximate surface area is 287 Å². The highest BCUT2D eigenvalue weighted by atomic mass is 16.5. The van der Waals surface area contributed by atoms with E-state index in [0.717, 1.165) is 19.4 Å². The number of imidazole rings is 1. The number of rotatable bonds is 22. The SMILES string of the molecule is O=C(NCCOCCOCCNc1nc(NCCCn2ccnc2)nc(NCCC(c2ccccc2)c2ccccc2)n1)c1ccccc1. The Morgan fingerprint density at radius 3 is 1.80 bits per heavy atom. The van der Waals surface area contributed by atoms with E-state index in [0.29, 0.717) is 76.0 Å². The molecule has 0 radical (unpaired) electrons. The monoisotopic (exact) mass is 663 g/mol. The van der Waals surface area contributed by atoms with Crippen LogP contribution in [0.4, 0.5) is 17.8 Å². The van der Waals surface area contributed by atoms with E-state index in [-0.39, 0.29) is 11.8 Å². The van der Waals surface area contributed by atoms with E-state index in [9.17, 15) is 4.79 Å². The van der Waals surface area contributed by atoms with Gasteiger partial charge in [0.2, 0.25) is 17.8 Å². The van der Waals surface area contributed by atoms with Gasteiger partial charge in [-0.15, -0.1) is 0 Å². The van der Waals surface area contributed by atoms with E-state index >= 15 is 0 Å². The first kappa shape index (κ1) is 35.0. The topological polar surface area (TPSA) is 140 Å². The van der Waals surface area contributed by atoms with Crippen LogP contribution in [0.15, 0.2) is 110 Å². The summed E-state index contributed by atoms with van der Waals surface area (Å²) in [4.78, 5) is 30.1. The molecule has 0 unspecified atom stereocenters. The average Bonchev–Trinajstić information content (AvgIpc) is 3.67. The second-order valence-electron chi connectivity index (χ2n) is 11.2. The second-order valence-corrected chi connectivity index (χ2v) is 11.2. The number of anilines is 3. The number of amides is 1. The zero-order valence-electron chi connectivity index (χ0n) is 27.7. The van der Waals surface area contributed by atoms with E-state index in [1.54, 1.807) is 18.3 Å². The Morgan fingerprint density at radius 2 is 1.20 bits per heavy atom. The third-order valence-corrected chi connectivity index (χ3v) is 7.66. The number of hydrogen-bond acceptors (Lipinski definition) is 10. The Bertz CT molecular complexity index is 1590. The Morgan fingerprint density at radius 1 is 0.653 bits per heavy atom. The fourth-order valence-corrected chi connectivity index (χ4v) is 5.20. The van der Waals surface area contributed by atoms with Gasteiger partial charge in [0, 0.05) is 56.6 Å². The number of ether oxygens (including phenoxy) is 2. The van der Waals surface area contributed by atoms with Crippen LogP contribution in [-0.4, -0.2) is 83.0 Å². The highest BCUT2D eigenvalue weighted by molar-refractivity contribution is 5.94. The molecule has 0 aliphatic rings. The first-order valence-electron chi connectivity index (χ1n) is 16.8. The van der Waals surface area contributed by atoms with Gasteiger partial charge in [0.05, 0.1) is 32.8 Å². The lowest BCUT2D eigenvalue weighted by Crippen LogP contribution is -2.27. The van der Waals surface area contributed by atoms with Crippen LogP contribution in [-0.2, 0) is 16.0 Å². The van der Waals surface area contributed by atoms with Crippen molar-refractivity contribution in [3.63, 3.8) is 0 Å². The Kier molecular flexibility index (Phi) is 14.4. The first-order chi connectivity index (χ1) is 24.2. The molecule has 0 aliphatic carbocycles. The number of nitrogens with zero attached hydrogens (tertiary/aromatic N) is 5. The van der Waals surface area contributed by atoms with Crippen LogP contribution in [0.5, 0.6) is 0 Å². The van der Waals surface area contributed by atoms with Gasteiger partial charge in [-0.1, -0.05) is 78.9 Å². The molecule has 12 heteroatoms. The van der Waals surface area contributed by atoms with Crippen LogP contribution in [0.2, 0.25) is 0 Å². The molecule has 12 nitrogen and oxygen atoms in total. The minimum Gasteiger partial charge on any atom is -0.377 e. The van der Waals surface area contributed by atoms with Gasteiger partial charge in [-0.25, -0.2) is 4.98 Å². The van der Waals surface area contributed by atoms with Crippen LogP contribution in [0.25, 0.3) is 0 Å². The standard InChI is InChI=1S/C37H45N9O3/c47-34(32-15-8-3-9-16-32)39-21-25-48-27-28-49-26-22-42-37-44-35(40-18-10-23-46-24-20-38-29-46)43-36(45-37)41-19-17-33(30-11-4-1-5-12-30)31-13-6-2-7-14-31/h1-9,11-16,20,24,29,33H,10,17-19,21-23,25-28H2,(H,39,47)(H3,40,41,42,43,44,45). The molecule has 0 saturated carbocycles. The van der Waals surface area contributed by atoms with Crippen molar-refractivity contribution < 1.29 is 14.3 Å². The maximum Gasteiger partial charge on any atom is 0.251 e. The fraction of sp³-hybridized carbons (Fsp3) is 0.324. The Hall–Kier alpha value is -5.33. The smallest absolute Gasteiger partial charge is 0.251 e. The van der Waals surface area contributed by atoms with Crippen molar-refractivity contribution in [2.75, 3.05) is 68.6 Å². The van der Waals surface area contributed by atoms with Crippen molar-refractivity contribution in [3.05, 3.63) is 126 Å². The lowest BCUT2D eigenvalue weighted by atomic mass is 9.88. The molecule has 256 valence electrons. The van der Waals surface area contributed by atoms with Gasteiger partial charge in [-0.3, -0.25) is 4.79 Å². The van der Waals surface area contributed by atoms with Gasteiger partial charge in [0.1, 0.15) is 0 Å². The summed E-state index contributed by atoms with van der Waals surface area (Å²) < 4.78 is 13.3. The van der Waals surface area contributed by atoms with Gasteiger partial charge in [0.25, 0.3) is 5.91 Å². The summed E-state index contributed by atoms with van der Waals surface area (Å²) in [5, 5.41) is 12.9. The van der Waals surface area contributed by atoms with E-state index < -0.39 is 0 Å². The van der Waals surface area contributed by atoms with Crippen LogP contribution in [0.1, 0.15) is 40.2 Å². The van der Waals surface area contributed by atoms with Gasteiger partial charge in [0.15, 0.2) is 0 Å². The summed E-state index contributed by atoms with van der Waals surface area (Å²) in [5.41, 5.74) is 3.18. The number of benzene rings is 3. The van der Waals surface area contributed by atoms with Crippen LogP contribution >= 0.6 is 0 Å². The molecule has 2 aromatic heterocycles. The van der Waals surface area contributed by atoms with Crippen molar-refractivity contribution in [2.24, 2.45) is 0 Å². The van der Waals surface area contributed by atoms with Gasteiger partial charge < -0.3 is 35.3 Å². The highest BCUT2D eigenvalue weighted by Crippen LogP contribution is 2.27. The van der Waals surface area contributed by atoms with Gasteiger partial charge in [-0.05, 0) is 36.1 Å². The maximum atomic E-state index is 12.1. The van der Waals surface area contributed by atoms with Gasteiger partial charge >= 0.3 is 0 Å². The predicted octanol–water partition coefficient (Wildman–Crippen LogP) is 5.08. The summed E-state index contributed by atoms with van der Waals surface area (Å²) in [5.74, 6) is 1.60. The quantitative estimate of drug-likeness (QED) is 0.0742. The van der Waals surface area contributed by atoms with Gasteiger partial charge in [-0.2, -0.15) is 15.0 Å². The zero-order valence-corrected chi connectivity index (χ0v) is 27.7. The summed E-state index contributed by atoms with van der Waals surface area (Å²) in [7, 11) is 0. The number of hydrogen-bond donors (Lipinski definition) is 4. The third-order valence-electron chi connectivity index (χ3n) is 7.66. The first-order valence-corrected chi connectivity index (χ1v) is 16.8. The molecule has 2 heterocycles. The summed E-state index contributed by atoms with van der Waals surface area (Å²) >= 11 is 0. The molecule has 0 spiro atoms. The van der Waals surface area contributed by atoms with E-state index in [1.807, 2.05) is 47.4 Å². The lowest BCUT2D eigenvalue weighted by Gasteiger charge is -2.19. The molecule has 49 heavy (non-hydrogen) atoms. The van der Waals surface area contributed by atoms with E-state index in [1.165, 1.54) is 11.1 Å². The number of carbonyl (C=O) groups is 1. The molecular formula is C37H45N9O3. The van der Waals surface area contributed by atoms with Crippen molar-refractivity contribution in [2.45, 2.75) is 25.3 Å². The summed E-state index contributed by atoms with van der Waals surface area (Å²) in [6.07, 6.45) is 7.29. The summed E-state index contributed by atoms with van der Waals surface area (Å²) in [6.45, 7) is 4.90. The van der Waals surface area contributed by atoms with Crippen LogP contribution < -0.4 is 21.3 Å².